The van der Waals surface area contributed by atoms with Gasteiger partial charge in [-0.3, -0.25) is 9.79 Å². The Morgan fingerprint density at radius 3 is 2.75 bits per heavy atom. The van der Waals surface area contributed by atoms with Crippen LogP contribution in [0, 0.1) is 5.92 Å². The van der Waals surface area contributed by atoms with Gasteiger partial charge >= 0.3 is 0 Å². The second-order valence-electron chi connectivity index (χ2n) is 5.54. The third kappa shape index (κ3) is 2.90. The molecule has 0 aromatic heterocycles. The van der Waals surface area contributed by atoms with Crippen molar-refractivity contribution >= 4 is 11.6 Å². The molecule has 0 bridgehead atoms. The van der Waals surface area contributed by atoms with Gasteiger partial charge in [0.05, 0.1) is 0 Å². The number of aliphatic imine (C=N–C) groups is 1. The van der Waals surface area contributed by atoms with E-state index in [1.165, 1.54) is 19.3 Å². The Morgan fingerprint density at radius 1 is 1.20 bits per heavy atom. The van der Waals surface area contributed by atoms with Crippen molar-refractivity contribution in [1.82, 2.24) is 10.6 Å². The Hall–Kier alpha value is -1.68. The molecule has 1 saturated heterocycles. The molecule has 2 aliphatic rings. The van der Waals surface area contributed by atoms with Gasteiger partial charge in [0, 0.05) is 17.7 Å². The van der Waals surface area contributed by atoms with Crippen molar-refractivity contribution in [2.24, 2.45) is 10.9 Å². The highest BCUT2D eigenvalue weighted by molar-refractivity contribution is 6.14. The number of nitrogens with zero attached hydrogens (tertiary/aromatic N) is 1. The zero-order chi connectivity index (χ0) is 13.8. The Kier molecular flexibility index (Phi) is 4.11. The number of piperidine rings is 1. The summed E-state index contributed by atoms with van der Waals surface area (Å²) in [4.78, 5) is 16.2. The fraction of sp³-hybridized carbons (Fsp3) is 0.500. The average molecular weight is 271 g/mol. The van der Waals surface area contributed by atoms with Crippen LogP contribution in [0.1, 0.15) is 35.2 Å². The quantitative estimate of drug-likeness (QED) is 0.878. The lowest BCUT2D eigenvalue weighted by Gasteiger charge is -2.23. The van der Waals surface area contributed by atoms with Crippen molar-refractivity contribution in [3.05, 3.63) is 35.4 Å². The SMILES string of the molecule is O=C1CN=C(NCCC2CCNCC2)c2ccccc21. The van der Waals surface area contributed by atoms with Crippen LogP contribution in [-0.4, -0.2) is 37.8 Å². The molecule has 2 heterocycles. The van der Waals surface area contributed by atoms with Crippen LogP contribution < -0.4 is 10.6 Å². The number of nitrogens with one attached hydrogen (secondary N) is 2. The Labute approximate surface area is 119 Å². The highest BCUT2D eigenvalue weighted by Crippen LogP contribution is 2.17. The van der Waals surface area contributed by atoms with E-state index in [1.807, 2.05) is 24.3 Å². The zero-order valence-corrected chi connectivity index (χ0v) is 11.7. The van der Waals surface area contributed by atoms with Crippen LogP contribution in [0.25, 0.3) is 0 Å². The number of benzene rings is 1. The Balaban J connectivity index is 1.59. The van der Waals surface area contributed by atoms with E-state index in [0.29, 0.717) is 0 Å². The topological polar surface area (TPSA) is 53.5 Å². The lowest BCUT2D eigenvalue weighted by atomic mass is 9.94. The largest absolute Gasteiger partial charge is 0.370 e. The summed E-state index contributed by atoms with van der Waals surface area (Å²) < 4.78 is 0. The molecule has 3 rings (SSSR count). The maximum absolute atomic E-state index is 11.8. The maximum atomic E-state index is 11.8. The van der Waals surface area contributed by atoms with Gasteiger partial charge in [-0.15, -0.1) is 0 Å². The van der Waals surface area contributed by atoms with Gasteiger partial charge in [0.2, 0.25) is 0 Å². The van der Waals surface area contributed by atoms with Gasteiger partial charge < -0.3 is 10.6 Å². The van der Waals surface area contributed by atoms with Crippen LogP contribution in [0.2, 0.25) is 0 Å². The highest BCUT2D eigenvalue weighted by Gasteiger charge is 2.20. The van der Waals surface area contributed by atoms with E-state index in [4.69, 9.17) is 0 Å². The van der Waals surface area contributed by atoms with Gasteiger partial charge in [-0.05, 0) is 38.3 Å². The number of amidine groups is 1. The molecule has 1 fully saturated rings. The van der Waals surface area contributed by atoms with E-state index in [2.05, 4.69) is 15.6 Å². The number of carbonyl (C=O) groups is 1. The molecule has 0 atom stereocenters. The number of carbonyl (C=O) groups excluding carboxylic acids is 1. The molecule has 106 valence electrons. The lowest BCUT2D eigenvalue weighted by molar-refractivity contribution is 0.1000. The van der Waals surface area contributed by atoms with Crippen molar-refractivity contribution < 1.29 is 4.79 Å². The molecule has 2 N–H and O–H groups in total. The minimum atomic E-state index is 0.115. The molecule has 1 aromatic carbocycles. The number of Topliss-reactive ketones (excluding diaryl/α,β-unsaturated/α-hetero) is 1. The van der Waals surface area contributed by atoms with E-state index in [-0.39, 0.29) is 12.3 Å². The van der Waals surface area contributed by atoms with Crippen molar-refractivity contribution in [2.45, 2.75) is 19.3 Å². The first-order chi connectivity index (χ1) is 9.84. The third-order valence-electron chi connectivity index (χ3n) is 4.17. The first kappa shape index (κ1) is 13.3. The van der Waals surface area contributed by atoms with Gasteiger partial charge in [0.15, 0.2) is 5.78 Å². The van der Waals surface area contributed by atoms with Crippen LogP contribution in [-0.2, 0) is 0 Å². The highest BCUT2D eigenvalue weighted by atomic mass is 16.1. The number of hydrogen-bond donors (Lipinski definition) is 2. The summed E-state index contributed by atoms with van der Waals surface area (Å²) in [7, 11) is 0. The van der Waals surface area contributed by atoms with Gasteiger partial charge in [0.25, 0.3) is 0 Å². The van der Waals surface area contributed by atoms with Gasteiger partial charge in [-0.1, -0.05) is 24.3 Å². The number of rotatable bonds is 3. The molecule has 4 heteroatoms. The summed E-state index contributed by atoms with van der Waals surface area (Å²) in [6.45, 7) is 3.49. The molecular weight excluding hydrogens is 250 g/mol. The molecule has 0 amide bonds. The van der Waals surface area contributed by atoms with Gasteiger partial charge in [-0.2, -0.15) is 0 Å². The normalized spacial score (nSPS) is 19.4. The van der Waals surface area contributed by atoms with Gasteiger partial charge in [0.1, 0.15) is 12.4 Å². The monoisotopic (exact) mass is 271 g/mol. The Morgan fingerprint density at radius 2 is 1.95 bits per heavy atom. The molecular formula is C16H21N3O. The second-order valence-corrected chi connectivity index (χ2v) is 5.54. The second kappa shape index (κ2) is 6.18. The summed E-state index contributed by atoms with van der Waals surface area (Å²) in [5.74, 6) is 1.81. The van der Waals surface area contributed by atoms with Gasteiger partial charge in [-0.25, -0.2) is 0 Å². The van der Waals surface area contributed by atoms with Crippen molar-refractivity contribution in [3.8, 4) is 0 Å². The minimum absolute atomic E-state index is 0.115. The predicted molar refractivity (Wildman–Crippen MR) is 80.4 cm³/mol. The smallest absolute Gasteiger partial charge is 0.185 e. The lowest BCUT2D eigenvalue weighted by Crippen LogP contribution is -2.34. The van der Waals surface area contributed by atoms with Crippen LogP contribution in [0.4, 0.5) is 0 Å². The molecule has 1 aromatic rings. The van der Waals surface area contributed by atoms with E-state index >= 15 is 0 Å². The molecule has 0 unspecified atom stereocenters. The summed E-state index contributed by atoms with van der Waals surface area (Å²) in [6, 6.07) is 7.74. The van der Waals surface area contributed by atoms with Crippen molar-refractivity contribution in [1.29, 1.82) is 0 Å². The molecule has 0 saturated carbocycles. The molecule has 2 aliphatic heterocycles. The van der Waals surface area contributed by atoms with Crippen molar-refractivity contribution in [2.75, 3.05) is 26.2 Å². The fourth-order valence-electron chi connectivity index (χ4n) is 2.97. The fourth-order valence-corrected chi connectivity index (χ4v) is 2.97. The molecule has 0 aliphatic carbocycles. The molecule has 20 heavy (non-hydrogen) atoms. The number of fused-ring (bicyclic) bond motifs is 1. The predicted octanol–water partition coefficient (Wildman–Crippen LogP) is 1.61. The summed E-state index contributed by atoms with van der Waals surface area (Å²) in [5.41, 5.74) is 1.75. The summed E-state index contributed by atoms with van der Waals surface area (Å²) in [5, 5.41) is 6.81. The number of hydrogen-bond acceptors (Lipinski definition) is 4. The molecule has 0 radical (unpaired) electrons. The van der Waals surface area contributed by atoms with Crippen LogP contribution in [0.15, 0.2) is 29.3 Å². The van der Waals surface area contributed by atoms with E-state index in [1.54, 1.807) is 0 Å². The summed E-state index contributed by atoms with van der Waals surface area (Å²) in [6.07, 6.45) is 3.71. The molecule has 4 nitrogen and oxygen atoms in total. The van der Waals surface area contributed by atoms with Crippen molar-refractivity contribution in [3.63, 3.8) is 0 Å². The Bertz CT molecular complexity index is 518. The van der Waals surface area contributed by atoms with Crippen LogP contribution in [0.5, 0.6) is 0 Å². The third-order valence-corrected chi connectivity index (χ3v) is 4.17. The minimum Gasteiger partial charge on any atom is -0.370 e. The zero-order valence-electron chi connectivity index (χ0n) is 11.7. The molecule has 0 spiro atoms. The number of ketones is 1. The average Bonchev–Trinajstić information content (AvgIpc) is 2.51. The first-order valence-electron chi connectivity index (χ1n) is 7.46. The summed E-state index contributed by atoms with van der Waals surface area (Å²) >= 11 is 0. The maximum Gasteiger partial charge on any atom is 0.185 e. The first-order valence-corrected chi connectivity index (χ1v) is 7.46. The van der Waals surface area contributed by atoms with E-state index in [9.17, 15) is 4.79 Å². The van der Waals surface area contributed by atoms with Crippen LogP contribution >= 0.6 is 0 Å². The van der Waals surface area contributed by atoms with E-state index in [0.717, 1.165) is 42.5 Å². The van der Waals surface area contributed by atoms with E-state index < -0.39 is 0 Å². The standard InChI is InChI=1S/C16H21N3O/c20-15-11-19-16(14-4-2-1-3-13(14)15)18-10-7-12-5-8-17-9-6-12/h1-4,12,17H,5-11H2,(H,18,19). The van der Waals surface area contributed by atoms with Crippen LogP contribution in [0.3, 0.4) is 0 Å².